The number of aromatic nitrogens is 2. The zero-order valence-electron chi connectivity index (χ0n) is 11.0. The van der Waals surface area contributed by atoms with E-state index in [2.05, 4.69) is 20.0 Å². The molecule has 20 heavy (non-hydrogen) atoms. The molecule has 1 heterocycles. The van der Waals surface area contributed by atoms with E-state index >= 15 is 0 Å². The van der Waals surface area contributed by atoms with Gasteiger partial charge in [-0.3, -0.25) is 4.98 Å². The van der Waals surface area contributed by atoms with E-state index in [1.165, 1.54) is 18.9 Å². The van der Waals surface area contributed by atoms with E-state index in [0.29, 0.717) is 12.4 Å². The van der Waals surface area contributed by atoms with Crippen molar-refractivity contribution in [3.05, 3.63) is 52.9 Å². The number of carbonyl (C=O) groups is 1. The van der Waals surface area contributed by atoms with Crippen molar-refractivity contribution < 1.29 is 9.53 Å². The number of hydrogen-bond acceptors (Lipinski definition) is 5. The van der Waals surface area contributed by atoms with Crippen LogP contribution in [0.2, 0.25) is 5.02 Å². The highest BCUT2D eigenvalue weighted by molar-refractivity contribution is 6.30. The Labute approximate surface area is 122 Å². The number of nitrogens with zero attached hydrogens (tertiary/aromatic N) is 2. The summed E-state index contributed by atoms with van der Waals surface area (Å²) in [6.45, 7) is 0.681. The van der Waals surface area contributed by atoms with Gasteiger partial charge >= 0.3 is 5.97 Å². The maximum atomic E-state index is 11.3. The highest BCUT2D eigenvalue weighted by Crippen LogP contribution is 2.10. The van der Waals surface area contributed by atoms with E-state index < -0.39 is 5.97 Å². The molecule has 2 aromatic rings. The minimum atomic E-state index is -0.501. The summed E-state index contributed by atoms with van der Waals surface area (Å²) in [7, 11) is 1.31. The van der Waals surface area contributed by atoms with Gasteiger partial charge in [0.05, 0.1) is 19.5 Å². The Bertz CT molecular complexity index is 587. The molecule has 1 aromatic carbocycles. The Morgan fingerprint density at radius 2 is 2.05 bits per heavy atom. The molecule has 5 nitrogen and oxygen atoms in total. The third kappa shape index (κ3) is 3.93. The second-order valence-corrected chi connectivity index (χ2v) is 4.52. The topological polar surface area (TPSA) is 64.1 Å². The Hall–Kier alpha value is -2.14. The van der Waals surface area contributed by atoms with Crippen LogP contribution in [0.25, 0.3) is 0 Å². The second kappa shape index (κ2) is 6.86. The number of rotatable bonds is 5. The summed E-state index contributed by atoms with van der Waals surface area (Å²) in [6.07, 6.45) is 3.76. The summed E-state index contributed by atoms with van der Waals surface area (Å²) in [4.78, 5) is 19.4. The van der Waals surface area contributed by atoms with Crippen molar-refractivity contribution in [1.82, 2.24) is 9.97 Å². The highest BCUT2D eigenvalue weighted by atomic mass is 35.5. The molecule has 0 amide bonds. The molecular weight excluding hydrogens is 278 g/mol. The molecule has 0 fully saturated rings. The van der Waals surface area contributed by atoms with Gasteiger partial charge in [-0.15, -0.1) is 0 Å². The molecule has 6 heteroatoms. The molecule has 0 radical (unpaired) electrons. The maximum Gasteiger partial charge on any atom is 0.358 e. The van der Waals surface area contributed by atoms with Gasteiger partial charge in [0.2, 0.25) is 0 Å². The van der Waals surface area contributed by atoms with Crippen molar-refractivity contribution in [2.24, 2.45) is 0 Å². The average molecular weight is 292 g/mol. The van der Waals surface area contributed by atoms with Gasteiger partial charge in [0.25, 0.3) is 0 Å². The lowest BCUT2D eigenvalue weighted by molar-refractivity contribution is 0.0593. The van der Waals surface area contributed by atoms with Crippen molar-refractivity contribution >= 4 is 23.4 Å². The van der Waals surface area contributed by atoms with E-state index in [0.717, 1.165) is 11.4 Å². The fourth-order valence-corrected chi connectivity index (χ4v) is 1.77. The van der Waals surface area contributed by atoms with Crippen LogP contribution in [0.3, 0.4) is 0 Å². The number of anilines is 1. The molecule has 1 N–H and O–H groups in total. The molecule has 0 atom stereocenters. The lowest BCUT2D eigenvalue weighted by atomic mass is 10.1. The summed E-state index contributed by atoms with van der Waals surface area (Å²) in [5.74, 6) is 0.0423. The van der Waals surface area contributed by atoms with Gasteiger partial charge in [0.1, 0.15) is 5.82 Å². The molecule has 0 saturated heterocycles. The number of hydrogen-bond donors (Lipinski definition) is 1. The van der Waals surface area contributed by atoms with Crippen LogP contribution in [-0.4, -0.2) is 29.6 Å². The standard InChI is InChI=1S/C14H14ClN3O2/c1-20-14(19)12-8-16-9-13(18-12)17-7-6-10-2-4-11(15)5-3-10/h2-5,8-9H,6-7H2,1H3,(H,17,18). The fraction of sp³-hybridized carbons (Fsp3) is 0.214. The third-order valence-corrected chi connectivity index (χ3v) is 2.91. The van der Waals surface area contributed by atoms with Gasteiger partial charge in [-0.25, -0.2) is 9.78 Å². The minimum Gasteiger partial charge on any atom is -0.464 e. The van der Waals surface area contributed by atoms with Gasteiger partial charge in [0, 0.05) is 11.6 Å². The molecule has 104 valence electrons. The summed E-state index contributed by atoms with van der Waals surface area (Å²) in [5, 5.41) is 3.83. The molecule has 0 aliphatic carbocycles. The normalized spacial score (nSPS) is 10.1. The number of nitrogens with one attached hydrogen (secondary N) is 1. The third-order valence-electron chi connectivity index (χ3n) is 2.66. The van der Waals surface area contributed by atoms with Crippen LogP contribution >= 0.6 is 11.6 Å². The summed E-state index contributed by atoms with van der Waals surface area (Å²) in [6, 6.07) is 7.66. The number of benzene rings is 1. The van der Waals surface area contributed by atoms with Crippen LogP contribution < -0.4 is 5.32 Å². The zero-order valence-corrected chi connectivity index (χ0v) is 11.7. The number of ether oxygens (including phenoxy) is 1. The lowest BCUT2D eigenvalue weighted by Gasteiger charge is -2.06. The SMILES string of the molecule is COC(=O)c1cncc(NCCc2ccc(Cl)cc2)n1. The van der Waals surface area contributed by atoms with Crippen LogP contribution in [0.4, 0.5) is 5.82 Å². The molecular formula is C14H14ClN3O2. The largest absolute Gasteiger partial charge is 0.464 e. The van der Waals surface area contributed by atoms with Gasteiger partial charge < -0.3 is 10.1 Å². The molecule has 0 unspecified atom stereocenters. The van der Waals surface area contributed by atoms with E-state index in [1.807, 2.05) is 24.3 Å². The van der Waals surface area contributed by atoms with Crippen molar-refractivity contribution in [2.45, 2.75) is 6.42 Å². The van der Waals surface area contributed by atoms with E-state index in [4.69, 9.17) is 11.6 Å². The predicted octanol–water partition coefficient (Wildman–Crippen LogP) is 2.57. The molecule has 0 saturated carbocycles. The minimum absolute atomic E-state index is 0.184. The van der Waals surface area contributed by atoms with E-state index in [9.17, 15) is 4.79 Å². The number of esters is 1. The monoisotopic (exact) mass is 291 g/mol. The highest BCUT2D eigenvalue weighted by Gasteiger charge is 2.08. The number of methoxy groups -OCH3 is 1. The molecule has 0 bridgehead atoms. The lowest BCUT2D eigenvalue weighted by Crippen LogP contribution is -2.10. The van der Waals surface area contributed by atoms with Crippen LogP contribution in [-0.2, 0) is 11.2 Å². The van der Waals surface area contributed by atoms with Crippen LogP contribution in [0.1, 0.15) is 16.1 Å². The quantitative estimate of drug-likeness (QED) is 0.858. The Kier molecular flexibility index (Phi) is 4.90. The summed E-state index contributed by atoms with van der Waals surface area (Å²) < 4.78 is 4.59. The van der Waals surface area contributed by atoms with Crippen LogP contribution in [0.15, 0.2) is 36.7 Å². The van der Waals surface area contributed by atoms with Gasteiger partial charge in [-0.2, -0.15) is 0 Å². The number of carbonyl (C=O) groups excluding carboxylic acids is 1. The van der Waals surface area contributed by atoms with E-state index in [1.54, 1.807) is 6.20 Å². The van der Waals surface area contributed by atoms with Crippen LogP contribution in [0.5, 0.6) is 0 Å². The fourth-order valence-electron chi connectivity index (χ4n) is 1.64. The van der Waals surface area contributed by atoms with Gasteiger partial charge in [-0.05, 0) is 24.1 Å². The number of halogens is 1. The zero-order chi connectivity index (χ0) is 14.4. The molecule has 2 rings (SSSR count). The maximum absolute atomic E-state index is 11.3. The van der Waals surface area contributed by atoms with Crippen LogP contribution in [0, 0.1) is 0 Å². The first-order valence-corrected chi connectivity index (χ1v) is 6.45. The molecule has 1 aromatic heterocycles. The molecule has 0 aliphatic rings. The Balaban J connectivity index is 1.91. The van der Waals surface area contributed by atoms with Crippen molar-refractivity contribution in [3.8, 4) is 0 Å². The first-order chi connectivity index (χ1) is 9.69. The first kappa shape index (κ1) is 14.3. The van der Waals surface area contributed by atoms with Gasteiger partial charge in [0.15, 0.2) is 5.69 Å². The van der Waals surface area contributed by atoms with Crippen molar-refractivity contribution in [3.63, 3.8) is 0 Å². The van der Waals surface area contributed by atoms with Gasteiger partial charge in [-0.1, -0.05) is 23.7 Å². The van der Waals surface area contributed by atoms with Crippen molar-refractivity contribution in [2.75, 3.05) is 19.0 Å². The second-order valence-electron chi connectivity index (χ2n) is 4.08. The van der Waals surface area contributed by atoms with E-state index in [-0.39, 0.29) is 5.69 Å². The Morgan fingerprint density at radius 1 is 1.30 bits per heavy atom. The first-order valence-electron chi connectivity index (χ1n) is 6.07. The molecule has 0 aliphatic heterocycles. The smallest absolute Gasteiger partial charge is 0.358 e. The summed E-state index contributed by atoms with van der Waals surface area (Å²) in [5.41, 5.74) is 1.35. The summed E-state index contributed by atoms with van der Waals surface area (Å²) >= 11 is 5.82. The van der Waals surface area contributed by atoms with Crippen molar-refractivity contribution in [1.29, 1.82) is 0 Å². The average Bonchev–Trinajstić information content (AvgIpc) is 2.49. The predicted molar refractivity (Wildman–Crippen MR) is 77.0 cm³/mol. The molecule has 0 spiro atoms. The Morgan fingerprint density at radius 3 is 2.75 bits per heavy atom.